The van der Waals surface area contributed by atoms with Gasteiger partial charge in [0.1, 0.15) is 5.82 Å². The average molecular weight is 289 g/mol. The molecular weight excluding hydrogens is 277 g/mol. The number of rotatable bonds is 3. The third-order valence-electron chi connectivity index (χ3n) is 2.43. The molecule has 0 aliphatic heterocycles. The van der Waals surface area contributed by atoms with Gasteiger partial charge >= 0.3 is 0 Å². The number of hydrogen-bond donors (Lipinski definition) is 2. The van der Waals surface area contributed by atoms with Gasteiger partial charge in [-0.25, -0.2) is 4.39 Å². The predicted octanol–water partition coefficient (Wildman–Crippen LogP) is 2.87. The molecule has 1 aromatic heterocycles. The molecule has 0 spiro atoms. The first-order chi connectivity index (χ1) is 9.70. The van der Waals surface area contributed by atoms with Crippen molar-refractivity contribution in [3.05, 3.63) is 52.0 Å². The highest BCUT2D eigenvalue weighted by Crippen LogP contribution is 2.16. The zero-order chi connectivity index (χ0) is 14.4. The van der Waals surface area contributed by atoms with E-state index in [1.165, 1.54) is 29.5 Å². The molecule has 2 aromatic rings. The lowest BCUT2D eigenvalue weighted by atomic mass is 10.2. The number of carbonyl (C=O) groups excluding carboxylic acids is 1. The zero-order valence-electron chi connectivity index (χ0n) is 10.5. The summed E-state index contributed by atoms with van der Waals surface area (Å²) in [7, 11) is 0. The summed E-state index contributed by atoms with van der Waals surface area (Å²) in [6, 6.07) is 7.72. The standard InChI is InChI=1S/C15H12FNO2S/c16-13-7-6-12(10-11(13)4-1-2-8-18)17-15(19)14-5-3-9-20-14/h3,5-7,9-10,18H,2,8H2,(H,17,19). The van der Waals surface area contributed by atoms with Crippen LogP contribution < -0.4 is 5.32 Å². The fourth-order valence-electron chi connectivity index (χ4n) is 1.51. The smallest absolute Gasteiger partial charge is 0.265 e. The average Bonchev–Trinajstić information content (AvgIpc) is 2.96. The van der Waals surface area contributed by atoms with Gasteiger partial charge in [-0.2, -0.15) is 0 Å². The fraction of sp³-hybridized carbons (Fsp3) is 0.133. The van der Waals surface area contributed by atoms with Crippen LogP contribution in [0.1, 0.15) is 21.7 Å². The lowest BCUT2D eigenvalue weighted by Gasteiger charge is -2.04. The lowest BCUT2D eigenvalue weighted by molar-refractivity contribution is 0.103. The monoisotopic (exact) mass is 289 g/mol. The van der Waals surface area contributed by atoms with Crippen molar-refractivity contribution < 1.29 is 14.3 Å². The number of halogens is 1. The molecule has 5 heteroatoms. The molecule has 2 rings (SSSR count). The van der Waals surface area contributed by atoms with Crippen LogP contribution in [0.15, 0.2) is 35.7 Å². The van der Waals surface area contributed by atoms with E-state index in [-0.39, 0.29) is 24.5 Å². The Morgan fingerprint density at radius 3 is 2.95 bits per heavy atom. The molecule has 3 nitrogen and oxygen atoms in total. The maximum absolute atomic E-state index is 13.5. The number of amides is 1. The van der Waals surface area contributed by atoms with Gasteiger partial charge in [0.15, 0.2) is 0 Å². The molecule has 20 heavy (non-hydrogen) atoms. The molecule has 1 heterocycles. The summed E-state index contributed by atoms with van der Waals surface area (Å²) in [6.07, 6.45) is 0.283. The van der Waals surface area contributed by atoms with Crippen LogP contribution in [-0.2, 0) is 0 Å². The van der Waals surface area contributed by atoms with Gasteiger partial charge in [0.05, 0.1) is 17.0 Å². The minimum absolute atomic E-state index is 0.0660. The second kappa shape index (κ2) is 6.85. The quantitative estimate of drug-likeness (QED) is 0.854. The van der Waals surface area contributed by atoms with E-state index in [0.717, 1.165) is 0 Å². The minimum Gasteiger partial charge on any atom is -0.395 e. The predicted molar refractivity (Wildman–Crippen MR) is 77.3 cm³/mol. The summed E-state index contributed by atoms with van der Waals surface area (Å²) in [5, 5.41) is 13.1. The van der Waals surface area contributed by atoms with E-state index >= 15 is 0 Å². The van der Waals surface area contributed by atoms with E-state index in [0.29, 0.717) is 10.6 Å². The SMILES string of the molecule is O=C(Nc1ccc(F)c(C#CCCO)c1)c1cccs1. The minimum atomic E-state index is -0.454. The molecule has 0 aliphatic carbocycles. The highest BCUT2D eigenvalue weighted by molar-refractivity contribution is 7.12. The van der Waals surface area contributed by atoms with Crippen molar-refractivity contribution in [2.24, 2.45) is 0 Å². The van der Waals surface area contributed by atoms with Crippen molar-refractivity contribution in [1.82, 2.24) is 0 Å². The molecule has 0 saturated heterocycles. The molecule has 0 bridgehead atoms. The lowest BCUT2D eigenvalue weighted by Crippen LogP contribution is -2.10. The first-order valence-electron chi connectivity index (χ1n) is 5.95. The summed E-state index contributed by atoms with van der Waals surface area (Å²) >= 11 is 1.33. The summed E-state index contributed by atoms with van der Waals surface area (Å²) in [5.74, 6) is 4.59. The normalized spacial score (nSPS) is 9.70. The molecule has 2 N–H and O–H groups in total. The number of aliphatic hydroxyl groups excluding tert-OH is 1. The highest BCUT2D eigenvalue weighted by atomic mass is 32.1. The number of nitrogens with one attached hydrogen (secondary N) is 1. The van der Waals surface area contributed by atoms with Gasteiger partial charge in [0.2, 0.25) is 0 Å². The van der Waals surface area contributed by atoms with Gasteiger partial charge in [-0.3, -0.25) is 4.79 Å². The van der Waals surface area contributed by atoms with Gasteiger partial charge in [-0.15, -0.1) is 11.3 Å². The Bertz CT molecular complexity index is 656. The van der Waals surface area contributed by atoms with Crippen molar-refractivity contribution >= 4 is 22.9 Å². The highest BCUT2D eigenvalue weighted by Gasteiger charge is 2.08. The van der Waals surface area contributed by atoms with Crippen molar-refractivity contribution in [3.8, 4) is 11.8 Å². The molecule has 0 atom stereocenters. The van der Waals surface area contributed by atoms with Gasteiger partial charge in [-0.05, 0) is 29.6 Å². The Labute approximate surface area is 120 Å². The van der Waals surface area contributed by atoms with E-state index < -0.39 is 5.82 Å². The van der Waals surface area contributed by atoms with Crippen LogP contribution in [0.2, 0.25) is 0 Å². The second-order valence-corrected chi connectivity index (χ2v) is 4.85. The van der Waals surface area contributed by atoms with E-state index in [2.05, 4.69) is 17.2 Å². The molecule has 0 fully saturated rings. The van der Waals surface area contributed by atoms with Crippen LogP contribution in [0.4, 0.5) is 10.1 Å². The third kappa shape index (κ3) is 3.67. The molecule has 1 amide bonds. The maximum atomic E-state index is 13.5. The molecule has 102 valence electrons. The van der Waals surface area contributed by atoms with Crippen molar-refractivity contribution in [3.63, 3.8) is 0 Å². The van der Waals surface area contributed by atoms with E-state index in [9.17, 15) is 9.18 Å². The van der Waals surface area contributed by atoms with Crippen LogP contribution in [0, 0.1) is 17.7 Å². The molecule has 0 saturated carbocycles. The topological polar surface area (TPSA) is 49.3 Å². The largest absolute Gasteiger partial charge is 0.395 e. The number of benzene rings is 1. The first-order valence-corrected chi connectivity index (χ1v) is 6.83. The van der Waals surface area contributed by atoms with Crippen LogP contribution in [-0.4, -0.2) is 17.6 Å². The van der Waals surface area contributed by atoms with E-state index in [1.807, 2.05) is 5.38 Å². The Balaban J connectivity index is 2.15. The van der Waals surface area contributed by atoms with Crippen LogP contribution in [0.25, 0.3) is 0 Å². The van der Waals surface area contributed by atoms with E-state index in [1.54, 1.807) is 12.1 Å². The molecular formula is C15H12FNO2S. The van der Waals surface area contributed by atoms with E-state index in [4.69, 9.17) is 5.11 Å². The number of anilines is 1. The number of carbonyl (C=O) groups is 1. The fourth-order valence-corrected chi connectivity index (χ4v) is 2.13. The molecule has 1 aromatic carbocycles. The van der Waals surface area contributed by atoms with Crippen LogP contribution in [0.5, 0.6) is 0 Å². The summed E-state index contributed by atoms with van der Waals surface area (Å²) < 4.78 is 13.5. The Morgan fingerprint density at radius 2 is 2.25 bits per heavy atom. The molecule has 0 radical (unpaired) electrons. The molecule has 0 aliphatic rings. The van der Waals surface area contributed by atoms with Gasteiger partial charge < -0.3 is 10.4 Å². The Hall–Kier alpha value is -2.16. The maximum Gasteiger partial charge on any atom is 0.265 e. The van der Waals surface area contributed by atoms with Crippen molar-refractivity contribution in [1.29, 1.82) is 0 Å². The first kappa shape index (κ1) is 14.3. The van der Waals surface area contributed by atoms with Crippen LogP contribution >= 0.6 is 11.3 Å². The van der Waals surface area contributed by atoms with Gasteiger partial charge in [0, 0.05) is 12.1 Å². The summed E-state index contributed by atoms with van der Waals surface area (Å²) in [5.41, 5.74) is 0.681. The summed E-state index contributed by atoms with van der Waals surface area (Å²) in [4.78, 5) is 12.5. The molecule has 0 unspecified atom stereocenters. The number of thiophene rings is 1. The third-order valence-corrected chi connectivity index (χ3v) is 3.30. The Morgan fingerprint density at radius 1 is 1.40 bits per heavy atom. The van der Waals surface area contributed by atoms with Crippen LogP contribution in [0.3, 0.4) is 0 Å². The number of hydrogen-bond acceptors (Lipinski definition) is 3. The van der Waals surface area contributed by atoms with Gasteiger partial charge in [0.25, 0.3) is 5.91 Å². The van der Waals surface area contributed by atoms with Crippen molar-refractivity contribution in [2.75, 3.05) is 11.9 Å². The zero-order valence-corrected chi connectivity index (χ0v) is 11.3. The van der Waals surface area contributed by atoms with Crippen molar-refractivity contribution in [2.45, 2.75) is 6.42 Å². The summed E-state index contributed by atoms with van der Waals surface area (Å²) in [6.45, 7) is -0.0660. The second-order valence-electron chi connectivity index (χ2n) is 3.90. The van der Waals surface area contributed by atoms with Gasteiger partial charge in [-0.1, -0.05) is 17.9 Å². The Kier molecular flexibility index (Phi) is 4.88. The number of aliphatic hydroxyl groups is 1.